The molecule has 0 spiro atoms. The van der Waals surface area contributed by atoms with Crippen LogP contribution in [0.15, 0.2) is 53.2 Å². The van der Waals surface area contributed by atoms with Gasteiger partial charge >= 0.3 is 0 Å². The van der Waals surface area contributed by atoms with Crippen molar-refractivity contribution in [2.45, 2.75) is 26.7 Å². The van der Waals surface area contributed by atoms with E-state index in [9.17, 15) is 9.59 Å². The number of ether oxygens (including phenoxy) is 1. The van der Waals surface area contributed by atoms with Crippen LogP contribution in [-0.2, 0) is 9.59 Å². The Bertz CT molecular complexity index is 1190. The van der Waals surface area contributed by atoms with E-state index in [-0.39, 0.29) is 17.7 Å². The topological polar surface area (TPSA) is 85.8 Å². The molecule has 4 rings (SSSR count). The molecule has 166 valence electrons. The Morgan fingerprint density at radius 3 is 2.50 bits per heavy atom. The summed E-state index contributed by atoms with van der Waals surface area (Å²) >= 11 is 0. The average Bonchev–Trinajstić information content (AvgIpc) is 3.24. The second kappa shape index (κ2) is 8.91. The van der Waals surface area contributed by atoms with Gasteiger partial charge in [0.25, 0.3) is 0 Å². The van der Waals surface area contributed by atoms with E-state index in [2.05, 4.69) is 0 Å². The highest BCUT2D eigenvalue weighted by molar-refractivity contribution is 6.01. The molecule has 1 aliphatic heterocycles. The van der Waals surface area contributed by atoms with Crippen molar-refractivity contribution in [2.75, 3.05) is 20.2 Å². The van der Waals surface area contributed by atoms with E-state index in [1.165, 1.54) is 0 Å². The van der Waals surface area contributed by atoms with E-state index in [4.69, 9.17) is 14.9 Å². The molecule has 0 atom stereocenters. The lowest BCUT2D eigenvalue weighted by Gasteiger charge is -2.30. The number of likely N-dealkylation sites (tertiary alicyclic amines) is 1. The highest BCUT2D eigenvalue weighted by Crippen LogP contribution is 2.40. The Hall–Kier alpha value is -3.54. The predicted octanol–water partition coefficient (Wildman–Crippen LogP) is 4.54. The molecule has 6 heteroatoms. The molecule has 0 unspecified atom stereocenters. The first-order chi connectivity index (χ1) is 15.4. The van der Waals surface area contributed by atoms with Crippen LogP contribution in [0.25, 0.3) is 27.7 Å². The lowest BCUT2D eigenvalue weighted by molar-refractivity contribution is -0.130. The summed E-state index contributed by atoms with van der Waals surface area (Å²) in [6.07, 6.45) is 4.63. The number of hydrogen-bond acceptors (Lipinski definition) is 4. The summed E-state index contributed by atoms with van der Waals surface area (Å²) in [6.45, 7) is 4.95. The number of carbonyl (C=O) groups excluding carboxylic acids is 2. The van der Waals surface area contributed by atoms with Crippen molar-refractivity contribution < 1.29 is 18.7 Å². The molecule has 1 saturated heterocycles. The summed E-state index contributed by atoms with van der Waals surface area (Å²) in [4.78, 5) is 26.1. The Kier molecular flexibility index (Phi) is 6.04. The smallest absolute Gasteiger partial charge is 0.246 e. The number of nitrogens with two attached hydrogens (primary N) is 1. The number of hydrogen-bond donors (Lipinski definition) is 1. The Labute approximate surface area is 187 Å². The molecular weight excluding hydrogens is 404 g/mol. The Balaban J connectivity index is 1.69. The second-order valence-corrected chi connectivity index (χ2v) is 8.30. The minimum atomic E-state index is -0.285. The third kappa shape index (κ3) is 4.00. The van der Waals surface area contributed by atoms with E-state index in [1.807, 2.05) is 50.2 Å². The van der Waals surface area contributed by atoms with Gasteiger partial charge in [-0.1, -0.05) is 30.3 Å². The average molecular weight is 433 g/mol. The van der Waals surface area contributed by atoms with Gasteiger partial charge in [0.2, 0.25) is 11.8 Å². The molecule has 32 heavy (non-hydrogen) atoms. The van der Waals surface area contributed by atoms with Crippen molar-refractivity contribution in [3.8, 4) is 16.9 Å². The molecular formula is C26H28N2O4. The van der Waals surface area contributed by atoms with Gasteiger partial charge in [0.15, 0.2) is 0 Å². The van der Waals surface area contributed by atoms with E-state index < -0.39 is 0 Å². The zero-order chi connectivity index (χ0) is 22.8. The van der Waals surface area contributed by atoms with Crippen LogP contribution in [0.1, 0.15) is 30.9 Å². The minimum absolute atomic E-state index is 0.0688. The van der Waals surface area contributed by atoms with Gasteiger partial charge in [-0.3, -0.25) is 9.59 Å². The highest BCUT2D eigenvalue weighted by atomic mass is 16.5. The number of piperidine rings is 1. The van der Waals surface area contributed by atoms with Crippen molar-refractivity contribution >= 4 is 28.4 Å². The van der Waals surface area contributed by atoms with Gasteiger partial charge in [0.1, 0.15) is 11.3 Å². The van der Waals surface area contributed by atoms with Gasteiger partial charge < -0.3 is 19.8 Å². The van der Waals surface area contributed by atoms with E-state index in [0.717, 1.165) is 38.8 Å². The molecule has 1 aromatic heterocycles. The van der Waals surface area contributed by atoms with Crippen molar-refractivity contribution in [2.24, 2.45) is 11.7 Å². The van der Waals surface area contributed by atoms with Crippen molar-refractivity contribution in [1.82, 2.24) is 4.90 Å². The third-order valence-electron chi connectivity index (χ3n) is 6.31. The number of allylic oxidation sites excluding steroid dienone is 1. The van der Waals surface area contributed by atoms with Crippen LogP contribution in [0.2, 0.25) is 0 Å². The summed E-state index contributed by atoms with van der Waals surface area (Å²) in [5, 5.41) is 0.979. The maximum atomic E-state index is 12.9. The molecule has 6 nitrogen and oxygen atoms in total. The number of primary amides is 1. The summed E-state index contributed by atoms with van der Waals surface area (Å²) in [5.74, 6) is 0.194. The SMILES string of the molecule is COc1c(/C(C)=C/C(=O)N2CCC(C(N)=O)CC2)cc2c(-c3ccccc3)coc2c1C. The highest BCUT2D eigenvalue weighted by Gasteiger charge is 2.25. The summed E-state index contributed by atoms with van der Waals surface area (Å²) in [7, 11) is 1.63. The number of fused-ring (bicyclic) bond motifs is 1. The Morgan fingerprint density at radius 1 is 1.19 bits per heavy atom. The number of benzene rings is 2. The van der Waals surface area contributed by atoms with Crippen molar-refractivity contribution in [3.63, 3.8) is 0 Å². The van der Waals surface area contributed by atoms with Gasteiger partial charge in [-0.05, 0) is 43.9 Å². The summed E-state index contributed by atoms with van der Waals surface area (Å²) < 4.78 is 11.6. The van der Waals surface area contributed by atoms with Gasteiger partial charge in [-0.2, -0.15) is 0 Å². The summed E-state index contributed by atoms with van der Waals surface area (Å²) in [5.41, 5.74) is 10.8. The van der Waals surface area contributed by atoms with Crippen LogP contribution in [-0.4, -0.2) is 36.9 Å². The lowest BCUT2D eigenvalue weighted by Crippen LogP contribution is -2.41. The molecule has 0 radical (unpaired) electrons. The maximum Gasteiger partial charge on any atom is 0.246 e. The van der Waals surface area contributed by atoms with Gasteiger partial charge in [0.05, 0.1) is 13.4 Å². The van der Waals surface area contributed by atoms with Gasteiger partial charge in [0, 0.05) is 47.2 Å². The third-order valence-corrected chi connectivity index (χ3v) is 6.31. The standard InChI is InChI=1S/C26H28N2O4/c1-16(13-23(29)28-11-9-19(10-12-28)26(27)30)20-14-21-22(18-7-5-4-6-8-18)15-32-25(21)17(2)24(20)31-3/h4-8,13-15,19H,9-12H2,1-3H3,(H2,27,30)/b16-13+. The van der Waals surface area contributed by atoms with Crippen LogP contribution in [0.4, 0.5) is 0 Å². The van der Waals surface area contributed by atoms with Crippen LogP contribution in [0.5, 0.6) is 5.75 Å². The fraction of sp³-hybridized carbons (Fsp3) is 0.308. The van der Waals surface area contributed by atoms with E-state index in [1.54, 1.807) is 24.3 Å². The number of amides is 2. The maximum absolute atomic E-state index is 12.9. The quantitative estimate of drug-likeness (QED) is 0.600. The van der Waals surface area contributed by atoms with Crippen LogP contribution in [0, 0.1) is 12.8 Å². The number of aryl methyl sites for hydroxylation is 1. The molecule has 2 N–H and O–H groups in total. The molecule has 2 aromatic carbocycles. The van der Waals surface area contributed by atoms with Crippen LogP contribution < -0.4 is 10.5 Å². The number of rotatable bonds is 5. The van der Waals surface area contributed by atoms with E-state index >= 15 is 0 Å². The zero-order valence-electron chi connectivity index (χ0n) is 18.7. The first-order valence-electron chi connectivity index (χ1n) is 10.8. The fourth-order valence-corrected chi connectivity index (χ4v) is 4.45. The lowest BCUT2D eigenvalue weighted by atomic mass is 9.95. The van der Waals surface area contributed by atoms with Crippen LogP contribution in [0.3, 0.4) is 0 Å². The second-order valence-electron chi connectivity index (χ2n) is 8.30. The molecule has 0 aliphatic carbocycles. The molecule has 2 heterocycles. The number of nitrogens with zero attached hydrogens (tertiary/aromatic N) is 1. The molecule has 0 saturated carbocycles. The number of carbonyl (C=O) groups is 2. The largest absolute Gasteiger partial charge is 0.496 e. The molecule has 2 amide bonds. The first-order valence-corrected chi connectivity index (χ1v) is 10.8. The monoisotopic (exact) mass is 432 g/mol. The van der Waals surface area contributed by atoms with Crippen molar-refractivity contribution in [1.29, 1.82) is 0 Å². The van der Waals surface area contributed by atoms with Crippen LogP contribution >= 0.6 is 0 Å². The van der Waals surface area contributed by atoms with Gasteiger partial charge in [-0.15, -0.1) is 0 Å². The zero-order valence-corrected chi connectivity index (χ0v) is 18.7. The fourth-order valence-electron chi connectivity index (χ4n) is 4.45. The number of methoxy groups -OCH3 is 1. The molecule has 0 bridgehead atoms. The van der Waals surface area contributed by atoms with E-state index in [0.29, 0.717) is 31.7 Å². The van der Waals surface area contributed by atoms with Gasteiger partial charge in [-0.25, -0.2) is 0 Å². The summed E-state index contributed by atoms with van der Waals surface area (Å²) in [6, 6.07) is 12.1. The Morgan fingerprint density at radius 2 is 1.88 bits per heavy atom. The minimum Gasteiger partial charge on any atom is -0.496 e. The molecule has 3 aromatic rings. The normalized spacial score (nSPS) is 15.2. The predicted molar refractivity (Wildman–Crippen MR) is 125 cm³/mol. The molecule has 1 aliphatic rings. The first kappa shape index (κ1) is 21.7. The molecule has 1 fully saturated rings. The number of furan rings is 1. The van der Waals surface area contributed by atoms with Crippen molar-refractivity contribution in [3.05, 3.63) is 59.9 Å².